The Morgan fingerprint density at radius 1 is 1.35 bits per heavy atom. The maximum Gasteiger partial charge on any atom is 0.278 e. The molecule has 8 heteroatoms. The van der Waals surface area contributed by atoms with Crippen molar-refractivity contribution in [2.24, 2.45) is 0 Å². The molecule has 7 nitrogen and oxygen atoms in total. The smallest absolute Gasteiger partial charge is 0.278 e. The number of nitrogens with zero attached hydrogens (tertiary/aromatic N) is 2. The number of benzene rings is 1. The minimum atomic E-state index is -0.0945. The molecule has 1 aliphatic rings. The second kappa shape index (κ2) is 10.2. The topological polar surface area (TPSA) is 89.0 Å². The standard InChI is InChI=1S/C23H28N4O3S/c1-2-3-11-27-22(29)21-20(18(14-25-21)16-8-5-4-6-9-16)26-23(27)31-15-19(28)24-13-17-10-7-12-30-17/h4-6,8-9,14,17,25H,2-3,7,10-13,15H2,1H3,(H,24,28). The summed E-state index contributed by atoms with van der Waals surface area (Å²) in [5.74, 6) is 0.135. The van der Waals surface area contributed by atoms with E-state index < -0.39 is 0 Å². The van der Waals surface area contributed by atoms with Gasteiger partial charge in [0.05, 0.1) is 11.9 Å². The van der Waals surface area contributed by atoms with E-state index in [1.54, 1.807) is 4.57 Å². The molecule has 1 saturated heterocycles. The highest BCUT2D eigenvalue weighted by Crippen LogP contribution is 2.27. The predicted molar refractivity (Wildman–Crippen MR) is 123 cm³/mol. The first-order chi connectivity index (χ1) is 15.2. The van der Waals surface area contributed by atoms with Gasteiger partial charge in [-0.05, 0) is 24.8 Å². The van der Waals surface area contributed by atoms with Crippen LogP contribution in [0.3, 0.4) is 0 Å². The van der Waals surface area contributed by atoms with Crippen LogP contribution in [-0.4, -0.2) is 45.5 Å². The van der Waals surface area contributed by atoms with Crippen molar-refractivity contribution in [2.75, 3.05) is 18.9 Å². The lowest BCUT2D eigenvalue weighted by Gasteiger charge is -2.13. The Balaban J connectivity index is 1.58. The molecule has 1 aromatic carbocycles. The Morgan fingerprint density at radius 2 is 2.19 bits per heavy atom. The van der Waals surface area contributed by atoms with Gasteiger partial charge in [-0.2, -0.15) is 0 Å². The maximum atomic E-state index is 13.2. The van der Waals surface area contributed by atoms with E-state index in [9.17, 15) is 9.59 Å². The molecule has 164 valence electrons. The van der Waals surface area contributed by atoms with Crippen molar-refractivity contribution in [1.82, 2.24) is 19.9 Å². The number of ether oxygens (including phenoxy) is 1. The van der Waals surface area contributed by atoms with Crippen LogP contribution in [-0.2, 0) is 16.1 Å². The molecule has 4 rings (SSSR count). The molecule has 0 radical (unpaired) electrons. The minimum absolute atomic E-state index is 0.0748. The number of carbonyl (C=O) groups excluding carboxylic acids is 1. The highest BCUT2D eigenvalue weighted by molar-refractivity contribution is 7.99. The zero-order valence-corrected chi connectivity index (χ0v) is 18.5. The molecule has 0 aliphatic carbocycles. The lowest BCUT2D eigenvalue weighted by molar-refractivity contribution is -0.119. The second-order valence-corrected chi connectivity index (χ2v) is 8.67. The monoisotopic (exact) mass is 440 g/mol. The number of H-pyrrole nitrogens is 1. The van der Waals surface area contributed by atoms with Gasteiger partial charge in [-0.3, -0.25) is 14.2 Å². The van der Waals surface area contributed by atoms with Crippen molar-refractivity contribution in [2.45, 2.75) is 50.4 Å². The normalized spacial score (nSPS) is 16.1. The zero-order chi connectivity index (χ0) is 21.6. The van der Waals surface area contributed by atoms with Gasteiger partial charge in [0.1, 0.15) is 11.0 Å². The minimum Gasteiger partial charge on any atom is -0.376 e. The number of rotatable bonds is 9. The predicted octanol–water partition coefficient (Wildman–Crippen LogP) is 3.58. The molecule has 0 spiro atoms. The number of unbranched alkanes of at least 4 members (excludes halogenated alkanes) is 1. The van der Waals surface area contributed by atoms with Gasteiger partial charge >= 0.3 is 0 Å². The van der Waals surface area contributed by atoms with E-state index in [2.05, 4.69) is 17.2 Å². The molecular formula is C23H28N4O3S. The summed E-state index contributed by atoms with van der Waals surface area (Å²) < 4.78 is 7.25. The molecule has 1 aliphatic heterocycles. The molecule has 2 aromatic heterocycles. The molecule has 3 heterocycles. The van der Waals surface area contributed by atoms with Gasteiger partial charge in [-0.1, -0.05) is 55.4 Å². The maximum absolute atomic E-state index is 13.2. The Bertz CT molecular complexity index is 1090. The van der Waals surface area contributed by atoms with E-state index in [0.717, 1.165) is 43.4 Å². The number of carbonyl (C=O) groups is 1. The molecule has 1 fully saturated rings. The summed E-state index contributed by atoms with van der Waals surface area (Å²) in [5, 5.41) is 3.51. The van der Waals surface area contributed by atoms with E-state index in [1.165, 1.54) is 11.8 Å². The molecule has 31 heavy (non-hydrogen) atoms. The van der Waals surface area contributed by atoms with E-state index in [1.807, 2.05) is 36.5 Å². The Kier molecular flexibility index (Phi) is 7.09. The quantitative estimate of drug-likeness (QED) is 0.392. The van der Waals surface area contributed by atoms with Gasteiger partial charge in [-0.15, -0.1) is 0 Å². The highest BCUT2D eigenvalue weighted by atomic mass is 32.2. The zero-order valence-electron chi connectivity index (χ0n) is 17.7. The fraction of sp³-hybridized carbons (Fsp3) is 0.435. The molecule has 1 amide bonds. The van der Waals surface area contributed by atoms with Crippen molar-refractivity contribution in [3.63, 3.8) is 0 Å². The van der Waals surface area contributed by atoms with Gasteiger partial charge < -0.3 is 15.0 Å². The molecule has 0 bridgehead atoms. The summed E-state index contributed by atoms with van der Waals surface area (Å²) in [4.78, 5) is 33.5. The van der Waals surface area contributed by atoms with E-state index in [0.29, 0.717) is 29.3 Å². The third-order valence-corrected chi connectivity index (χ3v) is 6.43. The Morgan fingerprint density at radius 3 is 2.94 bits per heavy atom. The number of thioether (sulfide) groups is 1. The van der Waals surface area contributed by atoms with Crippen LogP contribution < -0.4 is 10.9 Å². The number of hydrogen-bond acceptors (Lipinski definition) is 5. The first-order valence-corrected chi connectivity index (χ1v) is 11.8. The van der Waals surface area contributed by atoms with Crippen LogP contribution in [0.1, 0.15) is 32.6 Å². The van der Waals surface area contributed by atoms with Crippen molar-refractivity contribution >= 4 is 28.7 Å². The Labute approximate surface area is 185 Å². The van der Waals surface area contributed by atoms with Crippen LogP contribution >= 0.6 is 11.8 Å². The number of nitrogens with one attached hydrogen (secondary N) is 2. The molecule has 2 N–H and O–H groups in total. The van der Waals surface area contributed by atoms with E-state index >= 15 is 0 Å². The number of aromatic nitrogens is 3. The summed E-state index contributed by atoms with van der Waals surface area (Å²) >= 11 is 1.31. The van der Waals surface area contributed by atoms with E-state index in [-0.39, 0.29) is 23.3 Å². The van der Waals surface area contributed by atoms with Crippen LogP contribution in [0.15, 0.2) is 46.5 Å². The highest BCUT2D eigenvalue weighted by Gasteiger charge is 2.19. The fourth-order valence-electron chi connectivity index (χ4n) is 3.75. The average molecular weight is 441 g/mol. The summed E-state index contributed by atoms with van der Waals surface area (Å²) in [6.07, 6.45) is 5.82. The average Bonchev–Trinajstić information content (AvgIpc) is 3.46. The van der Waals surface area contributed by atoms with Gasteiger partial charge in [0, 0.05) is 31.5 Å². The van der Waals surface area contributed by atoms with Crippen LogP contribution in [0.25, 0.3) is 22.2 Å². The molecular weight excluding hydrogens is 412 g/mol. The molecule has 0 saturated carbocycles. The van der Waals surface area contributed by atoms with Gasteiger partial charge in [0.15, 0.2) is 5.16 Å². The second-order valence-electron chi connectivity index (χ2n) is 7.72. The van der Waals surface area contributed by atoms with E-state index in [4.69, 9.17) is 9.72 Å². The van der Waals surface area contributed by atoms with Crippen LogP contribution in [0.2, 0.25) is 0 Å². The Hall–Kier alpha value is -2.58. The fourth-order valence-corrected chi connectivity index (χ4v) is 4.60. The summed E-state index contributed by atoms with van der Waals surface area (Å²) in [6, 6.07) is 9.88. The van der Waals surface area contributed by atoms with Crippen LogP contribution in [0.4, 0.5) is 0 Å². The first kappa shape index (κ1) is 21.6. The third-order valence-electron chi connectivity index (χ3n) is 5.45. The van der Waals surface area contributed by atoms with Gasteiger partial charge in [0.2, 0.25) is 5.91 Å². The number of amides is 1. The largest absolute Gasteiger partial charge is 0.376 e. The molecule has 1 atom stereocenters. The van der Waals surface area contributed by atoms with Crippen molar-refractivity contribution in [3.8, 4) is 11.1 Å². The first-order valence-electron chi connectivity index (χ1n) is 10.9. The number of fused-ring (bicyclic) bond motifs is 1. The molecule has 1 unspecified atom stereocenters. The summed E-state index contributed by atoms with van der Waals surface area (Å²) in [5.41, 5.74) is 2.94. The third kappa shape index (κ3) is 5.02. The van der Waals surface area contributed by atoms with Crippen molar-refractivity contribution < 1.29 is 9.53 Å². The lowest BCUT2D eigenvalue weighted by Crippen LogP contribution is -2.33. The SMILES string of the molecule is CCCCn1c(SCC(=O)NCC2CCCO2)nc2c(-c3ccccc3)c[nH]c2c1=O. The molecule has 3 aromatic rings. The van der Waals surface area contributed by atoms with Crippen LogP contribution in [0, 0.1) is 0 Å². The summed E-state index contributed by atoms with van der Waals surface area (Å²) in [7, 11) is 0. The van der Waals surface area contributed by atoms with Crippen molar-refractivity contribution in [3.05, 3.63) is 46.9 Å². The number of aromatic amines is 1. The van der Waals surface area contributed by atoms with Crippen molar-refractivity contribution in [1.29, 1.82) is 0 Å². The lowest BCUT2D eigenvalue weighted by atomic mass is 10.1. The summed E-state index contributed by atoms with van der Waals surface area (Å²) in [6.45, 7) is 3.97. The van der Waals surface area contributed by atoms with Gasteiger partial charge in [-0.25, -0.2) is 4.98 Å². The number of hydrogen-bond donors (Lipinski definition) is 2. The van der Waals surface area contributed by atoms with Crippen LogP contribution in [0.5, 0.6) is 0 Å². The van der Waals surface area contributed by atoms with Gasteiger partial charge in [0.25, 0.3) is 5.56 Å².